The maximum absolute atomic E-state index is 12.3. The lowest BCUT2D eigenvalue weighted by atomic mass is 9.89. The Morgan fingerprint density at radius 1 is 1.40 bits per heavy atom. The molecule has 1 rings (SSSR count). The van der Waals surface area contributed by atoms with Crippen LogP contribution in [0.25, 0.3) is 0 Å². The highest BCUT2D eigenvalue weighted by Crippen LogP contribution is 2.27. The van der Waals surface area contributed by atoms with E-state index in [0.29, 0.717) is 5.92 Å². The lowest BCUT2D eigenvalue weighted by molar-refractivity contribution is 0.197. The molecule has 2 N–H and O–H groups in total. The highest BCUT2D eigenvalue weighted by atomic mass is 79.9. The maximum Gasteiger partial charge on any atom is 0.250 e. The largest absolute Gasteiger partial charge is 0.395 e. The summed E-state index contributed by atoms with van der Waals surface area (Å²) >= 11 is 4.43. The Labute approximate surface area is 133 Å². The van der Waals surface area contributed by atoms with E-state index in [1.165, 1.54) is 0 Å². The number of rotatable bonds is 8. The minimum absolute atomic E-state index is 0.137. The first kappa shape index (κ1) is 18.1. The molecule has 0 amide bonds. The van der Waals surface area contributed by atoms with E-state index >= 15 is 0 Å². The molecule has 0 aliphatic rings. The molecule has 0 radical (unpaired) electrons. The number of halogens is 1. The van der Waals surface area contributed by atoms with E-state index in [1.54, 1.807) is 12.1 Å². The van der Waals surface area contributed by atoms with Crippen molar-refractivity contribution in [3.05, 3.63) is 15.9 Å². The minimum atomic E-state index is -3.56. The molecule has 2 atom stereocenters. The summed E-state index contributed by atoms with van der Waals surface area (Å²) in [6.45, 7) is 6.03. The molecule has 7 heteroatoms. The van der Waals surface area contributed by atoms with Gasteiger partial charge in [0.25, 0.3) is 0 Å². The molecule has 116 valence electrons. The van der Waals surface area contributed by atoms with E-state index in [4.69, 9.17) is 0 Å². The van der Waals surface area contributed by atoms with Gasteiger partial charge in [-0.25, -0.2) is 13.1 Å². The number of aliphatic hydroxyl groups is 1. The Bertz CT molecular complexity index is 513. The van der Waals surface area contributed by atoms with Crippen LogP contribution < -0.4 is 4.72 Å². The molecule has 0 aliphatic carbocycles. The van der Waals surface area contributed by atoms with Crippen LogP contribution in [0.3, 0.4) is 0 Å². The molecule has 1 aromatic heterocycles. The number of hydrogen-bond acceptors (Lipinski definition) is 4. The van der Waals surface area contributed by atoms with Gasteiger partial charge >= 0.3 is 0 Å². The molecule has 0 fully saturated rings. The lowest BCUT2D eigenvalue weighted by Gasteiger charge is -2.26. The molecule has 0 spiro atoms. The Morgan fingerprint density at radius 2 is 2.05 bits per heavy atom. The summed E-state index contributed by atoms with van der Waals surface area (Å²) in [6.07, 6.45) is 1.72. The van der Waals surface area contributed by atoms with Gasteiger partial charge in [-0.1, -0.05) is 27.2 Å². The van der Waals surface area contributed by atoms with Crippen molar-refractivity contribution in [2.24, 2.45) is 11.8 Å². The van der Waals surface area contributed by atoms with E-state index in [0.717, 1.165) is 28.0 Å². The van der Waals surface area contributed by atoms with Gasteiger partial charge < -0.3 is 5.11 Å². The smallest absolute Gasteiger partial charge is 0.250 e. The van der Waals surface area contributed by atoms with Crippen molar-refractivity contribution >= 4 is 37.3 Å². The van der Waals surface area contributed by atoms with Gasteiger partial charge in [-0.3, -0.25) is 0 Å². The highest BCUT2D eigenvalue weighted by Gasteiger charge is 2.27. The average molecular weight is 384 g/mol. The van der Waals surface area contributed by atoms with Gasteiger partial charge in [0.05, 0.1) is 10.4 Å². The molecular weight excluding hydrogens is 362 g/mol. The van der Waals surface area contributed by atoms with Gasteiger partial charge in [-0.05, 0) is 46.3 Å². The molecule has 1 heterocycles. The van der Waals surface area contributed by atoms with E-state index in [1.807, 2.05) is 6.92 Å². The normalized spacial score (nSPS) is 15.5. The monoisotopic (exact) mass is 383 g/mol. The molecule has 4 nitrogen and oxygen atoms in total. The second-order valence-electron chi connectivity index (χ2n) is 5.27. The molecule has 0 bridgehead atoms. The van der Waals surface area contributed by atoms with Crippen LogP contribution in [0.15, 0.2) is 20.1 Å². The third-order valence-corrected chi connectivity index (χ3v) is 6.79. The summed E-state index contributed by atoms with van der Waals surface area (Å²) in [4.78, 5) is 0. The summed E-state index contributed by atoms with van der Waals surface area (Å²) < 4.78 is 28.3. The van der Waals surface area contributed by atoms with Crippen molar-refractivity contribution < 1.29 is 13.5 Å². The zero-order chi connectivity index (χ0) is 15.3. The van der Waals surface area contributed by atoms with Gasteiger partial charge in [0, 0.05) is 6.04 Å². The molecule has 20 heavy (non-hydrogen) atoms. The average Bonchev–Trinajstić information content (AvgIpc) is 2.80. The zero-order valence-electron chi connectivity index (χ0n) is 12.0. The van der Waals surface area contributed by atoms with Gasteiger partial charge in [0.1, 0.15) is 4.21 Å². The third-order valence-electron chi connectivity index (χ3n) is 3.18. The second-order valence-corrected chi connectivity index (χ2v) is 9.67. The molecule has 0 saturated carbocycles. The van der Waals surface area contributed by atoms with E-state index in [-0.39, 0.29) is 16.7 Å². The maximum atomic E-state index is 12.3. The molecule has 2 unspecified atom stereocenters. The van der Waals surface area contributed by atoms with Crippen molar-refractivity contribution in [1.29, 1.82) is 0 Å². The first-order chi connectivity index (χ1) is 9.30. The summed E-state index contributed by atoms with van der Waals surface area (Å²) in [5, 5.41) is 9.52. The van der Waals surface area contributed by atoms with E-state index in [9.17, 15) is 13.5 Å². The Balaban J connectivity index is 2.86. The fraction of sp³-hybridized carbons (Fsp3) is 0.692. The van der Waals surface area contributed by atoms with Crippen LogP contribution >= 0.6 is 27.3 Å². The topological polar surface area (TPSA) is 66.4 Å². The summed E-state index contributed by atoms with van der Waals surface area (Å²) in [6, 6.07) is 2.83. The van der Waals surface area contributed by atoms with Gasteiger partial charge in [0.15, 0.2) is 0 Å². The number of nitrogens with one attached hydrogen (secondary N) is 1. The molecular formula is C13H22BrNO3S2. The molecule has 1 aromatic rings. The molecule has 0 aliphatic heterocycles. The number of hydrogen-bond donors (Lipinski definition) is 2. The molecule has 0 saturated heterocycles. The van der Waals surface area contributed by atoms with Crippen LogP contribution in [0, 0.1) is 11.8 Å². The quantitative estimate of drug-likeness (QED) is 0.723. The predicted octanol–water partition coefficient (Wildman–Crippen LogP) is 3.22. The van der Waals surface area contributed by atoms with Crippen molar-refractivity contribution in [3.8, 4) is 0 Å². The lowest BCUT2D eigenvalue weighted by Crippen LogP contribution is -2.42. The van der Waals surface area contributed by atoms with E-state index < -0.39 is 16.1 Å². The first-order valence-electron chi connectivity index (χ1n) is 6.68. The summed E-state index contributed by atoms with van der Waals surface area (Å²) in [7, 11) is -3.56. The second kappa shape index (κ2) is 7.89. The fourth-order valence-electron chi connectivity index (χ4n) is 2.20. The predicted molar refractivity (Wildman–Crippen MR) is 86.5 cm³/mol. The highest BCUT2D eigenvalue weighted by molar-refractivity contribution is 9.11. The summed E-state index contributed by atoms with van der Waals surface area (Å²) in [5.41, 5.74) is 0. The Morgan fingerprint density at radius 3 is 2.45 bits per heavy atom. The summed E-state index contributed by atoms with van der Waals surface area (Å²) in [5.74, 6) is 0.604. The fourth-order valence-corrected chi connectivity index (χ4v) is 5.53. The Hall–Kier alpha value is 0.0500. The minimum Gasteiger partial charge on any atom is -0.395 e. The van der Waals surface area contributed by atoms with Crippen LogP contribution in [0.5, 0.6) is 0 Å². The van der Waals surface area contributed by atoms with E-state index in [2.05, 4.69) is 34.5 Å². The van der Waals surface area contributed by atoms with Crippen LogP contribution in [0.4, 0.5) is 0 Å². The molecule has 0 aromatic carbocycles. The van der Waals surface area contributed by atoms with Crippen molar-refractivity contribution in [1.82, 2.24) is 4.72 Å². The Kier molecular flexibility index (Phi) is 7.14. The zero-order valence-corrected chi connectivity index (χ0v) is 15.2. The van der Waals surface area contributed by atoms with Crippen molar-refractivity contribution in [2.75, 3.05) is 6.61 Å². The van der Waals surface area contributed by atoms with Gasteiger partial charge in [-0.15, -0.1) is 11.3 Å². The first-order valence-corrected chi connectivity index (χ1v) is 9.78. The van der Waals surface area contributed by atoms with Crippen LogP contribution in [0.1, 0.15) is 33.6 Å². The third kappa shape index (κ3) is 5.11. The van der Waals surface area contributed by atoms with Crippen LogP contribution in [-0.4, -0.2) is 26.2 Å². The number of thiophene rings is 1. The van der Waals surface area contributed by atoms with Crippen molar-refractivity contribution in [2.45, 2.75) is 43.9 Å². The number of sulfonamides is 1. The van der Waals surface area contributed by atoms with Crippen LogP contribution in [0.2, 0.25) is 0 Å². The van der Waals surface area contributed by atoms with Crippen LogP contribution in [-0.2, 0) is 10.0 Å². The van der Waals surface area contributed by atoms with Gasteiger partial charge in [0.2, 0.25) is 10.0 Å². The van der Waals surface area contributed by atoms with Crippen molar-refractivity contribution in [3.63, 3.8) is 0 Å². The SMILES string of the molecule is CCC(CC(C)C)C(CO)NS(=O)(=O)c1ccc(Br)s1. The van der Waals surface area contributed by atoms with Gasteiger partial charge in [-0.2, -0.15) is 0 Å². The standard InChI is InChI=1S/C13H22BrNO3S2/c1-4-10(7-9(2)3)11(8-16)15-20(17,18)13-6-5-12(14)19-13/h5-6,9-11,15-16H,4,7-8H2,1-3H3. The number of aliphatic hydroxyl groups excluding tert-OH is 1.